The van der Waals surface area contributed by atoms with Crippen LogP contribution in [0.3, 0.4) is 0 Å². The molecule has 0 amide bonds. The van der Waals surface area contributed by atoms with Crippen LogP contribution < -0.4 is 5.32 Å². The van der Waals surface area contributed by atoms with Crippen LogP contribution in [-0.2, 0) is 9.53 Å². The summed E-state index contributed by atoms with van der Waals surface area (Å²) < 4.78 is 5.29. The van der Waals surface area contributed by atoms with E-state index in [0.717, 1.165) is 51.5 Å². The molecule has 0 aromatic rings. The van der Waals surface area contributed by atoms with Gasteiger partial charge in [-0.2, -0.15) is 0 Å². The highest BCUT2D eigenvalue weighted by atomic mass is 16.5. The van der Waals surface area contributed by atoms with Crippen molar-refractivity contribution in [1.82, 2.24) is 10.2 Å². The number of carbonyl (C=O) groups excluding carboxylic acids is 1. The first-order valence-electron chi connectivity index (χ1n) is 6.34. The second-order valence-corrected chi connectivity index (χ2v) is 4.99. The molecule has 2 heterocycles. The average molecular weight is 226 g/mol. The molecule has 92 valence electrons. The van der Waals surface area contributed by atoms with Gasteiger partial charge in [0.2, 0.25) is 0 Å². The molecule has 0 aromatic carbocycles. The van der Waals surface area contributed by atoms with Crippen molar-refractivity contribution in [3.8, 4) is 0 Å². The Hall–Kier alpha value is -0.610. The van der Waals surface area contributed by atoms with Gasteiger partial charge < -0.3 is 10.1 Å². The molecule has 2 saturated heterocycles. The zero-order valence-corrected chi connectivity index (χ0v) is 10.1. The molecule has 0 saturated carbocycles. The molecule has 1 unspecified atom stereocenters. The van der Waals surface area contributed by atoms with Gasteiger partial charge in [-0.1, -0.05) is 0 Å². The largest absolute Gasteiger partial charge is 0.461 e. The van der Waals surface area contributed by atoms with Crippen LogP contribution in [-0.4, -0.2) is 49.7 Å². The Morgan fingerprint density at radius 2 is 2.38 bits per heavy atom. The van der Waals surface area contributed by atoms with Crippen molar-refractivity contribution in [3.05, 3.63) is 0 Å². The minimum absolute atomic E-state index is 0.126. The van der Waals surface area contributed by atoms with E-state index in [1.165, 1.54) is 13.3 Å². The van der Waals surface area contributed by atoms with Gasteiger partial charge >= 0.3 is 5.97 Å². The maximum Gasteiger partial charge on any atom is 0.302 e. The van der Waals surface area contributed by atoms with E-state index in [2.05, 4.69) is 10.2 Å². The Morgan fingerprint density at radius 3 is 3.06 bits per heavy atom. The molecule has 4 nitrogen and oxygen atoms in total. The van der Waals surface area contributed by atoms with E-state index < -0.39 is 0 Å². The summed E-state index contributed by atoms with van der Waals surface area (Å²) in [4.78, 5) is 13.4. The van der Waals surface area contributed by atoms with Crippen molar-refractivity contribution in [3.63, 3.8) is 0 Å². The number of nitrogens with zero attached hydrogens (tertiary/aromatic N) is 1. The van der Waals surface area contributed by atoms with Crippen LogP contribution in [0.5, 0.6) is 0 Å². The molecular formula is C12H22N2O2. The molecule has 0 spiro atoms. The molecule has 2 aliphatic rings. The van der Waals surface area contributed by atoms with Crippen LogP contribution in [0.2, 0.25) is 0 Å². The Bertz CT molecular complexity index is 239. The molecule has 4 heteroatoms. The molecule has 0 radical (unpaired) electrons. The summed E-state index contributed by atoms with van der Waals surface area (Å²) in [5.41, 5.74) is 0. The summed E-state index contributed by atoms with van der Waals surface area (Å²) in [6.07, 6.45) is 3.59. The predicted molar refractivity (Wildman–Crippen MR) is 62.2 cm³/mol. The fourth-order valence-corrected chi connectivity index (χ4v) is 2.75. The van der Waals surface area contributed by atoms with Crippen molar-refractivity contribution in [2.24, 2.45) is 5.92 Å². The topological polar surface area (TPSA) is 41.6 Å². The van der Waals surface area contributed by atoms with Crippen molar-refractivity contribution >= 4 is 5.97 Å². The average Bonchev–Trinajstić information content (AvgIpc) is 2.70. The van der Waals surface area contributed by atoms with E-state index in [4.69, 9.17) is 4.74 Å². The lowest BCUT2D eigenvalue weighted by atomic mass is 10.0. The number of piperidine rings is 1. The third-order valence-corrected chi connectivity index (χ3v) is 3.47. The van der Waals surface area contributed by atoms with Gasteiger partial charge in [-0.25, -0.2) is 0 Å². The van der Waals surface area contributed by atoms with Gasteiger partial charge in [-0.05, 0) is 44.8 Å². The zero-order valence-electron chi connectivity index (χ0n) is 10.1. The molecule has 2 aliphatic heterocycles. The summed E-state index contributed by atoms with van der Waals surface area (Å²) in [5, 5.41) is 3.39. The monoisotopic (exact) mass is 226 g/mol. The van der Waals surface area contributed by atoms with Gasteiger partial charge in [0, 0.05) is 20.0 Å². The lowest BCUT2D eigenvalue weighted by Crippen LogP contribution is -2.42. The van der Waals surface area contributed by atoms with E-state index in [1.807, 2.05) is 0 Å². The van der Waals surface area contributed by atoms with E-state index >= 15 is 0 Å². The minimum Gasteiger partial charge on any atom is -0.461 e. The quantitative estimate of drug-likeness (QED) is 0.716. The van der Waals surface area contributed by atoms with E-state index in [-0.39, 0.29) is 12.1 Å². The number of carbonyl (C=O) groups is 1. The normalized spacial score (nSPS) is 31.6. The molecule has 16 heavy (non-hydrogen) atoms. The van der Waals surface area contributed by atoms with Crippen LogP contribution in [0.4, 0.5) is 0 Å². The maximum atomic E-state index is 10.9. The molecule has 0 bridgehead atoms. The molecular weight excluding hydrogens is 204 g/mol. The summed E-state index contributed by atoms with van der Waals surface area (Å²) in [6.45, 7) is 7.05. The van der Waals surface area contributed by atoms with Gasteiger partial charge in [0.15, 0.2) is 0 Å². The van der Waals surface area contributed by atoms with Crippen molar-refractivity contribution in [1.29, 1.82) is 0 Å². The Balaban J connectivity index is 1.74. The summed E-state index contributed by atoms with van der Waals surface area (Å²) in [7, 11) is 0. The lowest BCUT2D eigenvalue weighted by molar-refractivity contribution is -0.148. The van der Waals surface area contributed by atoms with Gasteiger partial charge in [0.1, 0.15) is 6.10 Å². The predicted octanol–water partition coefficient (Wildman–Crippen LogP) is 0.623. The number of nitrogens with one attached hydrogen (secondary N) is 1. The molecule has 0 aromatic heterocycles. The van der Waals surface area contributed by atoms with Crippen LogP contribution in [0.15, 0.2) is 0 Å². The first-order chi connectivity index (χ1) is 7.74. The Morgan fingerprint density at radius 1 is 1.50 bits per heavy atom. The molecule has 2 fully saturated rings. The second kappa shape index (κ2) is 5.64. The van der Waals surface area contributed by atoms with E-state index in [0.29, 0.717) is 0 Å². The fraction of sp³-hybridized carbons (Fsp3) is 0.917. The SMILES string of the molecule is CC(=O)O[C@H]1CCCN(CC2CCNC2)C1. The molecule has 0 aliphatic carbocycles. The Kier molecular flexibility index (Phi) is 4.18. The standard InChI is InChI=1S/C12H22N2O2/c1-10(15)16-12-3-2-6-14(9-12)8-11-4-5-13-7-11/h11-13H,2-9H2,1H3/t11?,12-/m0/s1. The lowest BCUT2D eigenvalue weighted by Gasteiger charge is -2.33. The third-order valence-electron chi connectivity index (χ3n) is 3.47. The molecule has 1 N–H and O–H groups in total. The van der Waals surface area contributed by atoms with Crippen molar-refractivity contribution < 1.29 is 9.53 Å². The minimum atomic E-state index is -0.144. The van der Waals surface area contributed by atoms with Crippen molar-refractivity contribution in [2.45, 2.75) is 32.3 Å². The van der Waals surface area contributed by atoms with Crippen molar-refractivity contribution in [2.75, 3.05) is 32.7 Å². The van der Waals surface area contributed by atoms with Gasteiger partial charge in [0.05, 0.1) is 0 Å². The first-order valence-corrected chi connectivity index (χ1v) is 6.34. The third kappa shape index (κ3) is 3.46. The number of esters is 1. The smallest absolute Gasteiger partial charge is 0.302 e. The maximum absolute atomic E-state index is 10.9. The fourth-order valence-electron chi connectivity index (χ4n) is 2.75. The number of hydrogen-bond donors (Lipinski definition) is 1. The highest BCUT2D eigenvalue weighted by Gasteiger charge is 2.25. The first kappa shape index (κ1) is 11.9. The Labute approximate surface area is 97.3 Å². The number of hydrogen-bond acceptors (Lipinski definition) is 4. The van der Waals surface area contributed by atoms with Gasteiger partial charge in [-0.3, -0.25) is 9.69 Å². The summed E-state index contributed by atoms with van der Waals surface area (Å²) in [6, 6.07) is 0. The number of ether oxygens (including phenoxy) is 1. The highest BCUT2D eigenvalue weighted by molar-refractivity contribution is 5.66. The van der Waals surface area contributed by atoms with Crippen LogP contribution in [0.1, 0.15) is 26.2 Å². The number of rotatable bonds is 3. The zero-order chi connectivity index (χ0) is 11.4. The van der Waals surface area contributed by atoms with E-state index in [9.17, 15) is 4.79 Å². The molecule has 2 rings (SSSR count). The molecule has 2 atom stereocenters. The van der Waals surface area contributed by atoms with Gasteiger partial charge in [0.25, 0.3) is 0 Å². The highest BCUT2D eigenvalue weighted by Crippen LogP contribution is 2.17. The summed E-state index contributed by atoms with van der Waals surface area (Å²) >= 11 is 0. The van der Waals surface area contributed by atoms with Crippen LogP contribution >= 0.6 is 0 Å². The number of likely N-dealkylation sites (tertiary alicyclic amines) is 1. The van der Waals surface area contributed by atoms with Gasteiger partial charge in [-0.15, -0.1) is 0 Å². The van der Waals surface area contributed by atoms with Crippen LogP contribution in [0, 0.1) is 5.92 Å². The van der Waals surface area contributed by atoms with E-state index in [1.54, 1.807) is 0 Å². The van der Waals surface area contributed by atoms with Crippen LogP contribution in [0.25, 0.3) is 0 Å². The second-order valence-electron chi connectivity index (χ2n) is 4.99. The summed E-state index contributed by atoms with van der Waals surface area (Å²) in [5.74, 6) is 0.644.